The number of carbonyl (C=O) groups excluding carboxylic acids is 1. The topological polar surface area (TPSA) is 60.2 Å². The van der Waals surface area contributed by atoms with Gasteiger partial charge >= 0.3 is 0 Å². The highest BCUT2D eigenvalue weighted by Gasteiger charge is 2.20. The predicted molar refractivity (Wildman–Crippen MR) is 104 cm³/mol. The molecular weight excluding hydrogens is 340 g/mol. The lowest BCUT2D eigenvalue weighted by Gasteiger charge is -2.17. The quantitative estimate of drug-likeness (QED) is 0.690. The highest BCUT2D eigenvalue weighted by molar-refractivity contribution is 5.96. The molecule has 3 aromatic rings. The summed E-state index contributed by atoms with van der Waals surface area (Å²) < 4.78 is 7.34. The van der Waals surface area contributed by atoms with E-state index in [0.717, 1.165) is 22.5 Å². The third kappa shape index (κ3) is 3.52. The summed E-state index contributed by atoms with van der Waals surface area (Å²) in [6.45, 7) is 0.525. The normalized spacial score (nSPS) is 14.6. The van der Waals surface area contributed by atoms with E-state index in [2.05, 4.69) is 14.5 Å². The van der Waals surface area contributed by atoms with Crippen LogP contribution in [-0.2, 0) is 6.54 Å². The van der Waals surface area contributed by atoms with Crippen molar-refractivity contribution in [1.29, 1.82) is 0 Å². The van der Waals surface area contributed by atoms with Crippen LogP contribution in [0.15, 0.2) is 42.9 Å². The molecule has 0 unspecified atom stereocenters. The summed E-state index contributed by atoms with van der Waals surface area (Å²) in [4.78, 5) is 23.5. The molecule has 27 heavy (non-hydrogen) atoms. The molecule has 4 rings (SSSR count). The highest BCUT2D eigenvalue weighted by Crippen LogP contribution is 2.31. The summed E-state index contributed by atoms with van der Waals surface area (Å²) in [7, 11) is 3.44. The van der Waals surface area contributed by atoms with Crippen molar-refractivity contribution < 1.29 is 9.53 Å². The van der Waals surface area contributed by atoms with Crippen LogP contribution in [0.4, 0.5) is 0 Å². The molecular formula is C21H24N4O2. The fraction of sp³-hybridized carbons (Fsp3) is 0.381. The van der Waals surface area contributed by atoms with Crippen molar-refractivity contribution in [3.05, 3.63) is 54.0 Å². The van der Waals surface area contributed by atoms with Gasteiger partial charge in [0, 0.05) is 25.8 Å². The fourth-order valence-corrected chi connectivity index (χ4v) is 3.78. The number of benzene rings is 1. The van der Waals surface area contributed by atoms with Crippen molar-refractivity contribution in [3.8, 4) is 5.75 Å². The summed E-state index contributed by atoms with van der Waals surface area (Å²) in [5, 5.41) is 0. The van der Waals surface area contributed by atoms with Crippen molar-refractivity contribution >= 4 is 17.1 Å². The maximum absolute atomic E-state index is 12.8. The Labute approximate surface area is 158 Å². The zero-order chi connectivity index (χ0) is 18.8. The van der Waals surface area contributed by atoms with Crippen LogP contribution in [0.3, 0.4) is 0 Å². The van der Waals surface area contributed by atoms with Gasteiger partial charge in [-0.1, -0.05) is 25.0 Å². The Morgan fingerprint density at radius 1 is 1.22 bits per heavy atom. The SMILES string of the molecule is COc1ccc(CN(C)C(=O)c2cnc3c(c2)ncn3C2CCCC2)cc1. The third-order valence-corrected chi connectivity index (χ3v) is 5.30. The van der Waals surface area contributed by atoms with E-state index in [1.807, 2.05) is 36.7 Å². The number of methoxy groups -OCH3 is 1. The maximum Gasteiger partial charge on any atom is 0.255 e. The number of carbonyl (C=O) groups is 1. The van der Waals surface area contributed by atoms with E-state index in [1.54, 1.807) is 25.3 Å². The Bertz CT molecular complexity index is 942. The minimum absolute atomic E-state index is 0.0596. The molecule has 1 aromatic carbocycles. The Hall–Kier alpha value is -2.89. The minimum atomic E-state index is -0.0596. The van der Waals surface area contributed by atoms with Crippen molar-refractivity contribution in [2.45, 2.75) is 38.3 Å². The largest absolute Gasteiger partial charge is 0.497 e. The highest BCUT2D eigenvalue weighted by atomic mass is 16.5. The van der Waals surface area contributed by atoms with Crippen LogP contribution in [0.25, 0.3) is 11.2 Å². The molecule has 0 spiro atoms. The molecule has 6 nitrogen and oxygen atoms in total. The lowest BCUT2D eigenvalue weighted by Crippen LogP contribution is -2.26. The fourth-order valence-electron chi connectivity index (χ4n) is 3.78. The number of imidazole rings is 1. The molecule has 0 radical (unpaired) electrons. The van der Waals surface area contributed by atoms with Gasteiger partial charge in [0.15, 0.2) is 5.65 Å². The lowest BCUT2D eigenvalue weighted by molar-refractivity contribution is 0.0785. The molecule has 0 saturated heterocycles. The average Bonchev–Trinajstić information content (AvgIpc) is 3.36. The molecule has 1 fully saturated rings. The number of pyridine rings is 1. The van der Waals surface area contributed by atoms with E-state index >= 15 is 0 Å². The average molecular weight is 364 g/mol. The van der Waals surface area contributed by atoms with Gasteiger partial charge in [-0.2, -0.15) is 0 Å². The van der Waals surface area contributed by atoms with Crippen LogP contribution in [0.2, 0.25) is 0 Å². The predicted octanol–water partition coefficient (Wildman–Crippen LogP) is 3.83. The van der Waals surface area contributed by atoms with Gasteiger partial charge in [-0.05, 0) is 36.6 Å². The number of aromatic nitrogens is 3. The van der Waals surface area contributed by atoms with Gasteiger partial charge in [0.05, 0.1) is 19.0 Å². The van der Waals surface area contributed by atoms with E-state index in [1.165, 1.54) is 25.7 Å². The van der Waals surface area contributed by atoms with Crippen molar-refractivity contribution in [3.63, 3.8) is 0 Å². The molecule has 2 heterocycles. The number of nitrogens with zero attached hydrogens (tertiary/aromatic N) is 4. The molecule has 1 aliphatic rings. The second-order valence-electron chi connectivity index (χ2n) is 7.17. The molecule has 1 aliphatic carbocycles. The van der Waals surface area contributed by atoms with Crippen LogP contribution in [0.5, 0.6) is 5.75 Å². The standard InChI is InChI=1S/C21H24N4O2/c1-24(13-15-7-9-18(27-2)10-8-15)21(26)16-11-19-20(22-12-16)25(14-23-19)17-5-3-4-6-17/h7-12,14,17H,3-6,13H2,1-2H3. The molecule has 0 aliphatic heterocycles. The second kappa shape index (κ2) is 7.39. The summed E-state index contributed by atoms with van der Waals surface area (Å²) in [6.07, 6.45) is 8.41. The van der Waals surface area contributed by atoms with Crippen LogP contribution in [0.1, 0.15) is 47.6 Å². The molecule has 140 valence electrons. The summed E-state index contributed by atoms with van der Waals surface area (Å²) in [6, 6.07) is 10.1. The summed E-state index contributed by atoms with van der Waals surface area (Å²) in [5.41, 5.74) is 3.27. The van der Waals surface area contributed by atoms with Gasteiger partial charge in [-0.3, -0.25) is 4.79 Å². The van der Waals surface area contributed by atoms with E-state index < -0.39 is 0 Å². The van der Waals surface area contributed by atoms with Gasteiger partial charge < -0.3 is 14.2 Å². The first kappa shape index (κ1) is 17.5. The van der Waals surface area contributed by atoms with E-state index in [9.17, 15) is 4.79 Å². The summed E-state index contributed by atoms with van der Waals surface area (Å²) >= 11 is 0. The molecule has 0 atom stereocenters. The Morgan fingerprint density at radius 2 is 1.96 bits per heavy atom. The molecule has 1 amide bonds. The molecule has 6 heteroatoms. The van der Waals surface area contributed by atoms with E-state index in [0.29, 0.717) is 18.2 Å². The molecule has 0 bridgehead atoms. The van der Waals surface area contributed by atoms with E-state index in [-0.39, 0.29) is 5.91 Å². The number of hydrogen-bond acceptors (Lipinski definition) is 4. The van der Waals surface area contributed by atoms with Gasteiger partial charge in [0.2, 0.25) is 0 Å². The van der Waals surface area contributed by atoms with Crippen molar-refractivity contribution in [2.24, 2.45) is 0 Å². The zero-order valence-corrected chi connectivity index (χ0v) is 15.8. The first-order chi connectivity index (χ1) is 13.2. The van der Waals surface area contributed by atoms with Gasteiger partial charge in [0.25, 0.3) is 5.91 Å². The first-order valence-electron chi connectivity index (χ1n) is 9.36. The minimum Gasteiger partial charge on any atom is -0.497 e. The van der Waals surface area contributed by atoms with Crippen LogP contribution in [-0.4, -0.2) is 39.5 Å². The Balaban J connectivity index is 1.51. The number of hydrogen-bond donors (Lipinski definition) is 0. The number of ether oxygens (including phenoxy) is 1. The second-order valence-corrected chi connectivity index (χ2v) is 7.17. The first-order valence-corrected chi connectivity index (χ1v) is 9.36. The van der Waals surface area contributed by atoms with E-state index in [4.69, 9.17) is 4.74 Å². The Kier molecular flexibility index (Phi) is 4.79. The van der Waals surface area contributed by atoms with Gasteiger partial charge in [-0.25, -0.2) is 9.97 Å². The molecule has 1 saturated carbocycles. The van der Waals surface area contributed by atoms with Gasteiger partial charge in [0.1, 0.15) is 11.3 Å². The maximum atomic E-state index is 12.8. The summed E-state index contributed by atoms with van der Waals surface area (Å²) in [5.74, 6) is 0.746. The monoisotopic (exact) mass is 364 g/mol. The van der Waals surface area contributed by atoms with Crippen LogP contribution >= 0.6 is 0 Å². The van der Waals surface area contributed by atoms with Crippen LogP contribution < -0.4 is 4.74 Å². The van der Waals surface area contributed by atoms with Crippen LogP contribution in [0, 0.1) is 0 Å². The molecule has 2 aromatic heterocycles. The number of amides is 1. The number of rotatable bonds is 5. The third-order valence-electron chi connectivity index (χ3n) is 5.30. The van der Waals surface area contributed by atoms with Crippen molar-refractivity contribution in [1.82, 2.24) is 19.4 Å². The smallest absolute Gasteiger partial charge is 0.255 e. The van der Waals surface area contributed by atoms with Gasteiger partial charge in [-0.15, -0.1) is 0 Å². The molecule has 0 N–H and O–H groups in total. The van der Waals surface area contributed by atoms with Crippen molar-refractivity contribution in [2.75, 3.05) is 14.2 Å². The number of fused-ring (bicyclic) bond motifs is 1. The lowest BCUT2D eigenvalue weighted by atomic mass is 10.2. The Morgan fingerprint density at radius 3 is 2.67 bits per heavy atom. The zero-order valence-electron chi connectivity index (χ0n) is 15.8.